The third kappa shape index (κ3) is 4.26. The van der Waals surface area contributed by atoms with Crippen LogP contribution in [0.5, 0.6) is 0 Å². The van der Waals surface area contributed by atoms with Crippen LogP contribution in [0.3, 0.4) is 0 Å². The van der Waals surface area contributed by atoms with Crippen molar-refractivity contribution in [1.82, 2.24) is 25.3 Å². The lowest BCUT2D eigenvalue weighted by Gasteiger charge is -2.27. The van der Waals surface area contributed by atoms with Crippen LogP contribution >= 0.6 is 22.9 Å². The summed E-state index contributed by atoms with van der Waals surface area (Å²) in [6, 6.07) is 7.30. The summed E-state index contributed by atoms with van der Waals surface area (Å²) in [5, 5.41) is 11.0. The van der Waals surface area contributed by atoms with Gasteiger partial charge in [0.15, 0.2) is 0 Å². The minimum atomic E-state index is -0.182. The molecular weight excluding hydrogens is 388 g/mol. The zero-order chi connectivity index (χ0) is 18.6. The van der Waals surface area contributed by atoms with Gasteiger partial charge in [0.25, 0.3) is 5.91 Å². The molecule has 10 heteroatoms. The van der Waals surface area contributed by atoms with Crippen molar-refractivity contribution in [2.75, 3.05) is 31.2 Å². The summed E-state index contributed by atoms with van der Waals surface area (Å²) >= 11 is 7.09. The molecule has 0 aliphatic carbocycles. The molecule has 8 nitrogen and oxygen atoms in total. The molecule has 0 aromatic carbocycles. The Hall–Kier alpha value is -2.49. The predicted octanol–water partition coefficient (Wildman–Crippen LogP) is 2.14. The molecule has 1 aliphatic rings. The van der Waals surface area contributed by atoms with Gasteiger partial charge >= 0.3 is 0 Å². The summed E-state index contributed by atoms with van der Waals surface area (Å²) in [6.07, 6.45) is 3.53. The van der Waals surface area contributed by atoms with E-state index in [4.69, 9.17) is 16.3 Å². The Morgan fingerprint density at radius 2 is 2.11 bits per heavy atom. The van der Waals surface area contributed by atoms with Crippen molar-refractivity contribution in [1.29, 1.82) is 0 Å². The van der Waals surface area contributed by atoms with Crippen LogP contribution in [0.1, 0.15) is 15.4 Å². The van der Waals surface area contributed by atoms with Gasteiger partial charge in [-0.05, 0) is 24.3 Å². The molecule has 27 heavy (non-hydrogen) atoms. The first-order valence-electron chi connectivity index (χ1n) is 8.43. The standard InChI is InChI=1S/C17H17ClN6O2S/c18-15-3-2-14(27-15)17(25)20-9-12-11-24(22-21-12)13-1-4-16(19-10-13)23-5-7-26-8-6-23/h1-4,10-11H,5-9H2,(H,20,25). The Labute approximate surface area is 164 Å². The lowest BCUT2D eigenvalue weighted by molar-refractivity contribution is 0.0954. The van der Waals surface area contributed by atoms with E-state index in [0.29, 0.717) is 14.9 Å². The monoisotopic (exact) mass is 404 g/mol. The van der Waals surface area contributed by atoms with E-state index in [9.17, 15) is 4.79 Å². The topological polar surface area (TPSA) is 85.2 Å². The highest BCUT2D eigenvalue weighted by molar-refractivity contribution is 7.17. The second kappa shape index (κ2) is 8.03. The molecule has 1 amide bonds. The first-order chi connectivity index (χ1) is 13.2. The third-order valence-electron chi connectivity index (χ3n) is 4.10. The number of anilines is 1. The smallest absolute Gasteiger partial charge is 0.261 e. The van der Waals surface area contributed by atoms with E-state index >= 15 is 0 Å². The minimum Gasteiger partial charge on any atom is -0.378 e. The van der Waals surface area contributed by atoms with Crippen LogP contribution in [-0.2, 0) is 11.3 Å². The van der Waals surface area contributed by atoms with Crippen molar-refractivity contribution in [3.8, 4) is 5.69 Å². The molecule has 0 spiro atoms. The van der Waals surface area contributed by atoms with E-state index in [1.54, 1.807) is 29.2 Å². The summed E-state index contributed by atoms with van der Waals surface area (Å²) in [4.78, 5) is 19.3. The molecule has 4 heterocycles. The lowest BCUT2D eigenvalue weighted by Crippen LogP contribution is -2.36. The fourth-order valence-corrected chi connectivity index (χ4v) is 3.65. The van der Waals surface area contributed by atoms with Gasteiger partial charge in [-0.3, -0.25) is 4.79 Å². The van der Waals surface area contributed by atoms with Crippen LogP contribution in [0.15, 0.2) is 36.7 Å². The summed E-state index contributed by atoms with van der Waals surface area (Å²) in [5.74, 6) is 0.738. The fraction of sp³-hybridized carbons (Fsp3) is 0.294. The van der Waals surface area contributed by atoms with Gasteiger partial charge in [0, 0.05) is 13.1 Å². The number of morpholine rings is 1. The van der Waals surface area contributed by atoms with Gasteiger partial charge in [-0.25, -0.2) is 9.67 Å². The lowest BCUT2D eigenvalue weighted by atomic mass is 10.3. The van der Waals surface area contributed by atoms with E-state index in [0.717, 1.165) is 37.8 Å². The van der Waals surface area contributed by atoms with Crippen molar-refractivity contribution < 1.29 is 9.53 Å². The molecule has 1 fully saturated rings. The van der Waals surface area contributed by atoms with Gasteiger partial charge in [0.2, 0.25) is 0 Å². The number of carbonyl (C=O) groups is 1. The molecule has 1 N–H and O–H groups in total. The number of nitrogens with one attached hydrogen (secondary N) is 1. The first-order valence-corrected chi connectivity index (χ1v) is 9.62. The van der Waals surface area contributed by atoms with Crippen LogP contribution in [-0.4, -0.2) is 52.2 Å². The number of ether oxygens (including phenoxy) is 1. The molecule has 0 atom stereocenters. The van der Waals surface area contributed by atoms with Crippen molar-refractivity contribution in [2.45, 2.75) is 6.54 Å². The molecule has 0 saturated carbocycles. The van der Waals surface area contributed by atoms with E-state index in [-0.39, 0.29) is 12.5 Å². The number of pyridine rings is 1. The average molecular weight is 405 g/mol. The Bertz CT molecular complexity index is 920. The molecule has 0 unspecified atom stereocenters. The molecule has 3 aromatic heterocycles. The summed E-state index contributed by atoms with van der Waals surface area (Å²) in [5.41, 5.74) is 1.46. The zero-order valence-electron chi connectivity index (χ0n) is 14.3. The zero-order valence-corrected chi connectivity index (χ0v) is 15.9. The van der Waals surface area contributed by atoms with Crippen molar-refractivity contribution >= 4 is 34.7 Å². The van der Waals surface area contributed by atoms with Gasteiger partial charge < -0.3 is 15.0 Å². The van der Waals surface area contributed by atoms with Crippen molar-refractivity contribution in [3.05, 3.63) is 51.6 Å². The second-order valence-corrected chi connectivity index (χ2v) is 7.63. The van der Waals surface area contributed by atoms with E-state index in [1.807, 2.05) is 12.1 Å². The molecule has 1 saturated heterocycles. The molecule has 0 bridgehead atoms. The maximum Gasteiger partial charge on any atom is 0.261 e. The molecular formula is C17H17ClN6O2S. The van der Waals surface area contributed by atoms with Crippen LogP contribution in [0.25, 0.3) is 5.69 Å². The Balaban J connectivity index is 1.37. The molecule has 4 rings (SSSR count). The van der Waals surface area contributed by atoms with Gasteiger partial charge in [-0.2, -0.15) is 0 Å². The molecule has 0 radical (unpaired) electrons. The van der Waals surface area contributed by atoms with Crippen molar-refractivity contribution in [3.63, 3.8) is 0 Å². The number of halogens is 1. The predicted molar refractivity (Wildman–Crippen MR) is 103 cm³/mol. The number of rotatable bonds is 5. The normalized spacial score (nSPS) is 14.3. The van der Waals surface area contributed by atoms with Crippen molar-refractivity contribution in [2.24, 2.45) is 0 Å². The van der Waals surface area contributed by atoms with Gasteiger partial charge in [-0.1, -0.05) is 16.8 Å². The Morgan fingerprint density at radius 3 is 2.81 bits per heavy atom. The highest BCUT2D eigenvalue weighted by atomic mass is 35.5. The number of hydrogen-bond acceptors (Lipinski definition) is 7. The minimum absolute atomic E-state index is 0.182. The van der Waals surface area contributed by atoms with Crippen LogP contribution in [0.4, 0.5) is 5.82 Å². The molecule has 140 valence electrons. The largest absolute Gasteiger partial charge is 0.378 e. The van der Waals surface area contributed by atoms with Crippen LogP contribution in [0.2, 0.25) is 4.34 Å². The number of hydrogen-bond donors (Lipinski definition) is 1. The number of thiophene rings is 1. The van der Waals surface area contributed by atoms with Crippen LogP contribution in [0, 0.1) is 0 Å². The third-order valence-corrected chi connectivity index (χ3v) is 5.33. The highest BCUT2D eigenvalue weighted by Crippen LogP contribution is 2.21. The quantitative estimate of drug-likeness (QED) is 0.701. The highest BCUT2D eigenvalue weighted by Gasteiger charge is 2.13. The van der Waals surface area contributed by atoms with E-state index < -0.39 is 0 Å². The molecule has 3 aromatic rings. The first kappa shape index (κ1) is 17.9. The van der Waals surface area contributed by atoms with E-state index in [2.05, 4.69) is 25.5 Å². The number of carbonyl (C=O) groups excluding carboxylic acids is 1. The number of amides is 1. The van der Waals surface area contributed by atoms with E-state index in [1.165, 1.54) is 11.3 Å². The fourth-order valence-electron chi connectivity index (χ4n) is 2.69. The van der Waals surface area contributed by atoms with Gasteiger partial charge in [0.1, 0.15) is 11.5 Å². The SMILES string of the molecule is O=C(NCc1cn(-c2ccc(N3CCOCC3)nc2)nn1)c1ccc(Cl)s1. The Kier molecular flexibility index (Phi) is 5.33. The Morgan fingerprint density at radius 1 is 1.26 bits per heavy atom. The second-order valence-electron chi connectivity index (χ2n) is 5.91. The number of nitrogens with zero attached hydrogens (tertiary/aromatic N) is 5. The summed E-state index contributed by atoms with van der Waals surface area (Å²) in [7, 11) is 0. The molecule has 1 aliphatic heterocycles. The van der Waals surface area contributed by atoms with Crippen LogP contribution < -0.4 is 10.2 Å². The average Bonchev–Trinajstić information content (AvgIpc) is 3.36. The number of aromatic nitrogens is 4. The maximum atomic E-state index is 12.1. The summed E-state index contributed by atoms with van der Waals surface area (Å²) < 4.78 is 7.58. The van der Waals surface area contributed by atoms with Gasteiger partial charge in [0.05, 0.1) is 47.1 Å². The van der Waals surface area contributed by atoms with Gasteiger partial charge in [-0.15, -0.1) is 16.4 Å². The maximum absolute atomic E-state index is 12.1. The summed E-state index contributed by atoms with van der Waals surface area (Å²) in [6.45, 7) is 3.41.